The van der Waals surface area contributed by atoms with Gasteiger partial charge in [-0.05, 0) is 86.5 Å². The topological polar surface area (TPSA) is 66.3 Å². The van der Waals surface area contributed by atoms with Gasteiger partial charge in [0.1, 0.15) is 5.60 Å². The maximum absolute atomic E-state index is 12.4. The van der Waals surface area contributed by atoms with E-state index < -0.39 is 5.60 Å². The average molecular weight is 599 g/mol. The fourth-order valence-electron chi connectivity index (χ4n) is 9.03. The Morgan fingerprint density at radius 3 is 2.30 bits per heavy atom. The van der Waals surface area contributed by atoms with Crippen LogP contribution in [0.5, 0.6) is 0 Å². The number of likely N-dealkylation sites (tertiary alicyclic amines) is 3. The number of aromatic nitrogens is 2. The van der Waals surface area contributed by atoms with Crippen molar-refractivity contribution in [1.82, 2.24) is 24.5 Å². The fourth-order valence-corrected chi connectivity index (χ4v) is 9.03. The first-order valence-corrected chi connectivity index (χ1v) is 17.2. The molecule has 0 bridgehead atoms. The third kappa shape index (κ3) is 5.60. The van der Waals surface area contributed by atoms with E-state index in [4.69, 9.17) is 14.6 Å². The number of amides is 1. The largest absolute Gasteiger partial charge is 0.444 e. The maximum atomic E-state index is 12.4. The van der Waals surface area contributed by atoms with Gasteiger partial charge in [0.15, 0.2) is 5.82 Å². The molecule has 2 unspecified atom stereocenters. The number of fused-ring (bicyclic) bond motifs is 1. The molecular weight excluding hydrogens is 540 g/mol. The molecule has 5 aliphatic heterocycles. The molecule has 9 heteroatoms. The summed E-state index contributed by atoms with van der Waals surface area (Å²) < 4.78 is 13.4. The number of carbonyl (C=O) groups excluding carboxylic acids is 1. The summed E-state index contributed by atoms with van der Waals surface area (Å²) in [6.45, 7) is 27.5. The molecule has 1 aromatic rings. The smallest absolute Gasteiger partial charge is 0.410 e. The van der Waals surface area contributed by atoms with Crippen molar-refractivity contribution in [2.24, 2.45) is 11.3 Å². The Hall–Kier alpha value is -1.84. The average Bonchev–Trinajstić information content (AvgIpc) is 3.31. The van der Waals surface area contributed by atoms with Gasteiger partial charge in [-0.25, -0.2) is 4.79 Å². The first-order valence-electron chi connectivity index (χ1n) is 17.2. The highest BCUT2D eigenvalue weighted by Gasteiger charge is 2.56. The van der Waals surface area contributed by atoms with Gasteiger partial charge in [0.25, 0.3) is 0 Å². The second-order valence-electron chi connectivity index (χ2n) is 16.0. The lowest BCUT2D eigenvalue weighted by molar-refractivity contribution is -0.0966. The second kappa shape index (κ2) is 11.2. The Morgan fingerprint density at radius 1 is 1.00 bits per heavy atom. The van der Waals surface area contributed by atoms with Crippen molar-refractivity contribution < 1.29 is 14.3 Å². The lowest BCUT2D eigenvalue weighted by Crippen LogP contribution is -2.66. The summed E-state index contributed by atoms with van der Waals surface area (Å²) in [5, 5.41) is 5.28. The molecule has 1 spiro atoms. The molecule has 0 radical (unpaired) electrons. The minimum absolute atomic E-state index is 0.0945. The number of carbonyl (C=O) groups is 1. The van der Waals surface area contributed by atoms with E-state index >= 15 is 0 Å². The van der Waals surface area contributed by atoms with Crippen LogP contribution in [0.15, 0.2) is 0 Å². The molecule has 5 saturated heterocycles. The van der Waals surface area contributed by atoms with Crippen molar-refractivity contribution in [3.63, 3.8) is 0 Å². The van der Waals surface area contributed by atoms with Gasteiger partial charge in [-0.2, -0.15) is 5.10 Å². The number of hydrogen-bond donors (Lipinski definition) is 0. The molecule has 43 heavy (non-hydrogen) atoms. The summed E-state index contributed by atoms with van der Waals surface area (Å²) in [6.07, 6.45) is 5.83. The van der Waals surface area contributed by atoms with Gasteiger partial charge in [-0.15, -0.1) is 0 Å². The minimum atomic E-state index is -0.439. The Balaban J connectivity index is 0.00000161. The highest BCUT2D eigenvalue weighted by Crippen LogP contribution is 2.55. The lowest BCUT2D eigenvalue weighted by Gasteiger charge is -2.58. The normalized spacial score (nSPS) is 30.5. The van der Waals surface area contributed by atoms with Gasteiger partial charge in [-0.1, -0.05) is 13.8 Å². The summed E-state index contributed by atoms with van der Waals surface area (Å²) in [5.41, 5.74) is 2.54. The van der Waals surface area contributed by atoms with Gasteiger partial charge >= 0.3 is 6.09 Å². The third-order valence-corrected chi connectivity index (χ3v) is 11.4. The summed E-state index contributed by atoms with van der Waals surface area (Å²) in [4.78, 5) is 22.4. The zero-order valence-corrected chi connectivity index (χ0v) is 28.5. The Morgan fingerprint density at radius 2 is 1.70 bits per heavy atom. The van der Waals surface area contributed by atoms with Crippen molar-refractivity contribution in [3.8, 4) is 0 Å². The van der Waals surface area contributed by atoms with Gasteiger partial charge in [0.2, 0.25) is 0 Å². The first-order chi connectivity index (χ1) is 20.3. The minimum Gasteiger partial charge on any atom is -0.444 e. The molecule has 3 atom stereocenters. The van der Waals surface area contributed by atoms with Crippen molar-refractivity contribution in [1.29, 1.82) is 0 Å². The lowest BCUT2D eigenvalue weighted by atomic mass is 9.61. The molecule has 6 heterocycles. The van der Waals surface area contributed by atoms with Crippen LogP contribution in [0.2, 0.25) is 0 Å². The van der Waals surface area contributed by atoms with Gasteiger partial charge < -0.3 is 19.3 Å². The van der Waals surface area contributed by atoms with Crippen LogP contribution in [-0.2, 0) is 9.47 Å². The van der Waals surface area contributed by atoms with Crippen LogP contribution < -0.4 is 4.90 Å². The van der Waals surface area contributed by atoms with Crippen molar-refractivity contribution in [2.75, 3.05) is 57.4 Å². The maximum Gasteiger partial charge on any atom is 0.410 e. The van der Waals surface area contributed by atoms with Gasteiger partial charge in [-0.3, -0.25) is 14.5 Å². The zero-order valence-electron chi connectivity index (χ0n) is 28.5. The molecular formula is C34H58N6O3. The van der Waals surface area contributed by atoms with E-state index in [2.05, 4.69) is 47.1 Å². The van der Waals surface area contributed by atoms with Crippen molar-refractivity contribution in [2.45, 2.75) is 130 Å². The van der Waals surface area contributed by atoms with E-state index in [0.29, 0.717) is 12.1 Å². The monoisotopic (exact) mass is 598 g/mol. The summed E-state index contributed by atoms with van der Waals surface area (Å²) in [5.74, 6) is 1.94. The number of piperidine rings is 1. The Kier molecular flexibility index (Phi) is 8.11. The van der Waals surface area contributed by atoms with Crippen LogP contribution in [0.25, 0.3) is 0 Å². The highest BCUT2D eigenvalue weighted by molar-refractivity contribution is 5.69. The number of rotatable bonds is 5. The molecule has 1 aromatic heterocycles. The van der Waals surface area contributed by atoms with Crippen molar-refractivity contribution in [3.05, 3.63) is 11.3 Å². The third-order valence-electron chi connectivity index (χ3n) is 11.4. The van der Waals surface area contributed by atoms with Gasteiger partial charge in [0.05, 0.1) is 25.3 Å². The fraction of sp³-hybridized carbons (Fsp3) is 0.882. The summed E-state index contributed by atoms with van der Waals surface area (Å²) >= 11 is 0. The molecule has 1 amide bonds. The van der Waals surface area contributed by atoms with Crippen LogP contribution >= 0.6 is 0 Å². The van der Waals surface area contributed by atoms with Crippen LogP contribution in [-0.4, -0.2) is 112 Å². The van der Waals surface area contributed by atoms with Crippen LogP contribution in [0.4, 0.5) is 10.6 Å². The molecule has 6 aliphatic rings. The molecule has 242 valence electrons. The van der Waals surface area contributed by atoms with Crippen LogP contribution in [0.1, 0.15) is 97.9 Å². The molecule has 0 N–H and O–H groups in total. The Bertz CT molecular complexity index is 1170. The number of anilines is 1. The molecule has 0 aromatic carbocycles. The zero-order chi connectivity index (χ0) is 30.9. The molecule has 1 saturated carbocycles. The highest BCUT2D eigenvalue weighted by atomic mass is 16.6. The second-order valence-corrected chi connectivity index (χ2v) is 16.0. The Labute approximate surface area is 260 Å². The SMILES string of the molecule is CC.Cc1c(N2CC[C@@H](CN3CC4C3CCN4C3COC3)CC2(C)C)nn(C2CC3(C2)CN(C(=O)OC(C)(C)C)C3)c1C. The van der Waals surface area contributed by atoms with E-state index in [9.17, 15) is 4.79 Å². The predicted octanol–water partition coefficient (Wildman–Crippen LogP) is 5.25. The van der Waals surface area contributed by atoms with E-state index in [1.165, 1.54) is 56.0 Å². The number of ether oxygens (including phenoxy) is 2. The number of nitrogens with zero attached hydrogens (tertiary/aromatic N) is 6. The van der Waals surface area contributed by atoms with E-state index in [0.717, 1.165) is 63.7 Å². The van der Waals surface area contributed by atoms with Crippen LogP contribution in [0, 0.1) is 25.2 Å². The standard InChI is InChI=1S/C32H52N6O3.C2H6/c1-21-22(2)38(24-13-32(14-24)19-35(20-32)29(39)41-30(3,4)5)33-28(21)37-11-8-23(12-31(37,6)7)15-34-16-27-26(34)9-10-36(27)25-17-40-18-25;1-2/h23-27H,8-20H2,1-7H3;1-2H3/t23-,26?,27?;/m1./s1. The van der Waals surface area contributed by atoms with Gasteiger partial charge in [0, 0.05) is 73.6 Å². The first kappa shape index (κ1) is 31.2. The van der Waals surface area contributed by atoms with Crippen molar-refractivity contribution >= 4 is 11.9 Å². The molecule has 9 nitrogen and oxygen atoms in total. The predicted molar refractivity (Wildman–Crippen MR) is 171 cm³/mol. The number of hydrogen-bond acceptors (Lipinski definition) is 7. The summed E-state index contributed by atoms with van der Waals surface area (Å²) in [6, 6.07) is 2.67. The quantitative estimate of drug-likeness (QED) is 0.459. The molecule has 6 fully saturated rings. The van der Waals surface area contributed by atoms with Crippen LogP contribution in [0.3, 0.4) is 0 Å². The van der Waals surface area contributed by atoms with E-state index in [-0.39, 0.29) is 17.0 Å². The summed E-state index contributed by atoms with van der Waals surface area (Å²) in [7, 11) is 0. The van der Waals surface area contributed by atoms with E-state index in [1.54, 1.807) is 0 Å². The molecule has 1 aliphatic carbocycles. The molecule has 7 rings (SSSR count). The van der Waals surface area contributed by atoms with E-state index in [1.807, 2.05) is 39.5 Å².